The molecule has 1 saturated heterocycles. The molecule has 0 bridgehead atoms. The number of imidazole rings is 1. The zero-order chi connectivity index (χ0) is 21.5. The molecule has 9 heteroatoms. The van der Waals surface area contributed by atoms with Gasteiger partial charge >= 0.3 is 0 Å². The van der Waals surface area contributed by atoms with Crippen molar-refractivity contribution in [3.63, 3.8) is 0 Å². The molecule has 0 aromatic carbocycles. The first kappa shape index (κ1) is 21.0. The SMILES string of the molecule is CCCc1nc2c(N)nc3c(c2n1CC1(O)CCN(S(C)(=O)=O)CC1)=CCC=CC=3. The first-order valence-electron chi connectivity index (χ1n) is 10.4. The molecule has 1 fully saturated rings. The van der Waals surface area contributed by atoms with Crippen molar-refractivity contribution in [2.24, 2.45) is 0 Å². The number of hydrogen-bond acceptors (Lipinski definition) is 6. The summed E-state index contributed by atoms with van der Waals surface area (Å²) in [7, 11) is -3.25. The lowest BCUT2D eigenvalue weighted by Gasteiger charge is -2.37. The molecule has 1 aliphatic heterocycles. The highest BCUT2D eigenvalue weighted by atomic mass is 32.2. The minimum atomic E-state index is -3.25. The summed E-state index contributed by atoms with van der Waals surface area (Å²) in [5.74, 6) is 1.26. The lowest BCUT2D eigenvalue weighted by atomic mass is 9.92. The maximum atomic E-state index is 11.9. The van der Waals surface area contributed by atoms with Crippen LogP contribution in [-0.2, 0) is 23.0 Å². The Labute approximate surface area is 176 Å². The zero-order valence-electron chi connectivity index (χ0n) is 17.5. The molecule has 0 amide bonds. The number of sulfonamides is 1. The number of allylic oxidation sites excluding steroid dienone is 2. The predicted octanol–water partition coefficient (Wildman–Crippen LogP) is 0.273. The minimum Gasteiger partial charge on any atom is -0.388 e. The fraction of sp³-hybridized carbons (Fsp3) is 0.524. The predicted molar refractivity (Wildman–Crippen MR) is 118 cm³/mol. The average Bonchev–Trinajstić information content (AvgIpc) is 2.85. The third-order valence-corrected chi connectivity index (χ3v) is 7.26. The lowest BCUT2D eigenvalue weighted by Crippen LogP contribution is -2.48. The van der Waals surface area contributed by atoms with Gasteiger partial charge in [-0.1, -0.05) is 25.2 Å². The van der Waals surface area contributed by atoms with E-state index in [9.17, 15) is 13.5 Å². The number of hydrogen-bond donors (Lipinski definition) is 2. The van der Waals surface area contributed by atoms with E-state index in [1.807, 2.05) is 12.2 Å². The van der Waals surface area contributed by atoms with E-state index in [4.69, 9.17) is 10.7 Å². The molecule has 2 aliphatic rings. The van der Waals surface area contributed by atoms with Gasteiger partial charge in [0.2, 0.25) is 10.0 Å². The second-order valence-electron chi connectivity index (χ2n) is 8.28. The molecule has 3 heterocycles. The Kier molecular flexibility index (Phi) is 5.46. The van der Waals surface area contributed by atoms with Crippen molar-refractivity contribution in [1.29, 1.82) is 0 Å². The summed E-state index contributed by atoms with van der Waals surface area (Å²) < 4.78 is 27.2. The highest BCUT2D eigenvalue weighted by Crippen LogP contribution is 2.28. The molecule has 4 rings (SSSR count). The van der Waals surface area contributed by atoms with Crippen molar-refractivity contribution in [2.75, 3.05) is 25.1 Å². The Morgan fingerprint density at radius 2 is 2.00 bits per heavy atom. The number of aliphatic hydroxyl groups is 1. The first-order valence-corrected chi connectivity index (χ1v) is 12.3. The number of piperidine rings is 1. The average molecular weight is 432 g/mol. The summed E-state index contributed by atoms with van der Waals surface area (Å²) in [4.78, 5) is 9.34. The van der Waals surface area contributed by atoms with Crippen molar-refractivity contribution in [1.82, 2.24) is 18.8 Å². The molecular formula is C21H29N5O3S. The largest absolute Gasteiger partial charge is 0.388 e. The standard InChI is InChI=1S/C21H29N5O3S/c1-3-7-17-24-18-19(15-8-5-4-6-9-16(15)23-20(18)22)26(17)14-21(27)10-12-25(13-11-21)30(2,28)29/h4,6,8-9,27H,3,5,7,10-14H2,1-2H3,(H2,22,23). The number of nitrogens with two attached hydrogens (primary N) is 1. The maximum Gasteiger partial charge on any atom is 0.211 e. The van der Waals surface area contributed by atoms with Gasteiger partial charge in [-0.05, 0) is 31.8 Å². The van der Waals surface area contributed by atoms with Gasteiger partial charge < -0.3 is 15.4 Å². The van der Waals surface area contributed by atoms with E-state index >= 15 is 0 Å². The number of nitrogens with zero attached hydrogens (tertiary/aromatic N) is 4. The van der Waals surface area contributed by atoms with Crippen LogP contribution in [0.1, 0.15) is 38.4 Å². The molecule has 30 heavy (non-hydrogen) atoms. The van der Waals surface area contributed by atoms with Gasteiger partial charge in [-0.25, -0.2) is 22.7 Å². The number of anilines is 1. The van der Waals surface area contributed by atoms with E-state index < -0.39 is 15.6 Å². The summed E-state index contributed by atoms with van der Waals surface area (Å²) in [6.07, 6.45) is 12.5. The van der Waals surface area contributed by atoms with Gasteiger partial charge in [-0.3, -0.25) is 0 Å². The van der Waals surface area contributed by atoms with E-state index in [1.165, 1.54) is 10.6 Å². The monoisotopic (exact) mass is 431 g/mol. The highest BCUT2D eigenvalue weighted by molar-refractivity contribution is 7.88. The van der Waals surface area contributed by atoms with Crippen molar-refractivity contribution >= 4 is 39.0 Å². The Hall–Kier alpha value is -2.23. The number of nitrogen functional groups attached to an aromatic ring is 1. The summed E-state index contributed by atoms with van der Waals surface area (Å²) >= 11 is 0. The summed E-state index contributed by atoms with van der Waals surface area (Å²) in [5, 5.41) is 13.1. The smallest absolute Gasteiger partial charge is 0.211 e. The van der Waals surface area contributed by atoms with Crippen molar-refractivity contribution in [3.05, 3.63) is 28.5 Å². The number of fused-ring (bicyclic) bond motifs is 3. The molecule has 2 aromatic heterocycles. The van der Waals surface area contributed by atoms with Gasteiger partial charge in [0.25, 0.3) is 0 Å². The highest BCUT2D eigenvalue weighted by Gasteiger charge is 2.36. The molecule has 3 N–H and O–H groups in total. The Balaban J connectivity index is 1.82. The molecule has 0 unspecified atom stereocenters. The quantitative estimate of drug-likeness (QED) is 0.703. The number of aryl methyl sites for hydroxylation is 1. The molecule has 162 valence electrons. The van der Waals surface area contributed by atoms with Crippen LogP contribution < -0.4 is 16.3 Å². The van der Waals surface area contributed by atoms with Crippen LogP contribution in [0.3, 0.4) is 0 Å². The molecule has 0 spiro atoms. The third kappa shape index (κ3) is 3.89. The number of pyridine rings is 1. The fourth-order valence-electron chi connectivity index (χ4n) is 4.34. The third-order valence-electron chi connectivity index (χ3n) is 5.96. The van der Waals surface area contributed by atoms with Crippen LogP contribution in [0.4, 0.5) is 5.82 Å². The van der Waals surface area contributed by atoms with Gasteiger partial charge in [0.1, 0.15) is 11.3 Å². The van der Waals surface area contributed by atoms with Crippen molar-refractivity contribution in [2.45, 2.75) is 51.2 Å². The van der Waals surface area contributed by atoms with E-state index in [1.54, 1.807) is 0 Å². The van der Waals surface area contributed by atoms with Gasteiger partial charge in [-0.2, -0.15) is 0 Å². The lowest BCUT2D eigenvalue weighted by molar-refractivity contribution is -0.0190. The molecule has 0 saturated carbocycles. The van der Waals surface area contributed by atoms with Gasteiger partial charge in [0.15, 0.2) is 5.82 Å². The van der Waals surface area contributed by atoms with Crippen LogP contribution in [-0.4, -0.2) is 57.3 Å². The molecular weight excluding hydrogens is 402 g/mol. The van der Waals surface area contributed by atoms with E-state index in [-0.39, 0.29) is 0 Å². The second kappa shape index (κ2) is 7.79. The van der Waals surface area contributed by atoms with Crippen LogP contribution in [0, 0.1) is 0 Å². The van der Waals surface area contributed by atoms with Gasteiger partial charge in [-0.15, -0.1) is 0 Å². The Morgan fingerprint density at radius 1 is 1.27 bits per heavy atom. The Bertz CT molecular complexity index is 1220. The summed E-state index contributed by atoms with van der Waals surface area (Å²) in [6.45, 7) is 3.08. The fourth-order valence-corrected chi connectivity index (χ4v) is 5.18. The first-order chi connectivity index (χ1) is 14.2. The molecule has 1 aliphatic carbocycles. The minimum absolute atomic E-state index is 0.316. The van der Waals surface area contributed by atoms with Crippen LogP contribution in [0.2, 0.25) is 0 Å². The summed E-state index contributed by atoms with van der Waals surface area (Å²) in [5.41, 5.74) is 6.83. The molecule has 0 atom stereocenters. The summed E-state index contributed by atoms with van der Waals surface area (Å²) in [6, 6.07) is 0. The van der Waals surface area contributed by atoms with Crippen LogP contribution >= 0.6 is 0 Å². The van der Waals surface area contributed by atoms with Gasteiger partial charge in [0, 0.05) is 24.7 Å². The normalized spacial score (nSPS) is 19.2. The second-order valence-corrected chi connectivity index (χ2v) is 10.3. The van der Waals surface area contributed by atoms with Crippen LogP contribution in [0.25, 0.3) is 23.2 Å². The topological polar surface area (TPSA) is 114 Å². The van der Waals surface area contributed by atoms with Crippen molar-refractivity contribution in [3.8, 4) is 0 Å². The van der Waals surface area contributed by atoms with E-state index in [0.29, 0.717) is 43.8 Å². The molecule has 2 aromatic rings. The van der Waals surface area contributed by atoms with Crippen LogP contribution in [0.5, 0.6) is 0 Å². The Morgan fingerprint density at radius 3 is 2.67 bits per heavy atom. The zero-order valence-corrected chi connectivity index (χ0v) is 18.3. The van der Waals surface area contributed by atoms with Gasteiger partial charge in [0.05, 0.1) is 29.3 Å². The number of rotatable bonds is 5. The molecule has 8 nitrogen and oxygen atoms in total. The molecule has 0 radical (unpaired) electrons. The van der Waals surface area contributed by atoms with E-state index in [0.717, 1.165) is 41.2 Å². The van der Waals surface area contributed by atoms with Crippen LogP contribution in [0.15, 0.2) is 12.2 Å². The maximum absolute atomic E-state index is 11.9. The van der Waals surface area contributed by atoms with Crippen molar-refractivity contribution < 1.29 is 13.5 Å². The number of aromatic nitrogens is 3. The van der Waals surface area contributed by atoms with E-state index in [2.05, 4.69) is 28.6 Å².